The minimum Gasteiger partial charge on any atom is -0.366 e. The maximum atomic E-state index is 12.7. The second-order valence-corrected chi connectivity index (χ2v) is 4.90. The van der Waals surface area contributed by atoms with Gasteiger partial charge in [-0.1, -0.05) is 34.1 Å². The first-order valence-electron chi connectivity index (χ1n) is 5.80. The number of halogens is 4. The quantitative estimate of drug-likeness (QED) is 0.576. The predicted molar refractivity (Wildman–Crippen MR) is 76.3 cm³/mol. The summed E-state index contributed by atoms with van der Waals surface area (Å²) < 4.78 is 38.9. The number of hydrazine groups is 1. The van der Waals surface area contributed by atoms with Gasteiger partial charge >= 0.3 is 6.18 Å². The van der Waals surface area contributed by atoms with Crippen LogP contribution in [0.1, 0.15) is 11.4 Å². The van der Waals surface area contributed by atoms with Gasteiger partial charge < -0.3 is 10.7 Å². The van der Waals surface area contributed by atoms with Crippen LogP contribution in [0.4, 0.5) is 24.8 Å². The summed E-state index contributed by atoms with van der Waals surface area (Å²) in [6.07, 6.45) is -4.64. The molecule has 1 aromatic carbocycles. The molecule has 0 aliphatic heterocycles. The third-order valence-corrected chi connectivity index (χ3v) is 3.32. The van der Waals surface area contributed by atoms with Gasteiger partial charge in [0.15, 0.2) is 0 Å². The Bertz CT molecular complexity index is 633. The first-order valence-corrected chi connectivity index (χ1v) is 6.59. The van der Waals surface area contributed by atoms with Crippen LogP contribution in [0.2, 0.25) is 0 Å². The van der Waals surface area contributed by atoms with Gasteiger partial charge in [-0.15, -0.1) is 0 Å². The summed E-state index contributed by atoms with van der Waals surface area (Å²) in [6.45, 7) is 0.305. The van der Waals surface area contributed by atoms with Gasteiger partial charge in [0.2, 0.25) is 5.82 Å². The SMILES string of the molecule is NNc1cc(NCc2ccccc2Br)nc(C(F)(F)F)n1. The van der Waals surface area contributed by atoms with Gasteiger partial charge in [-0.25, -0.2) is 15.8 Å². The van der Waals surface area contributed by atoms with E-state index in [1.807, 2.05) is 24.3 Å². The summed E-state index contributed by atoms with van der Waals surface area (Å²) in [7, 11) is 0. The Balaban J connectivity index is 2.22. The van der Waals surface area contributed by atoms with Crippen molar-refractivity contribution >= 4 is 27.6 Å². The molecule has 112 valence electrons. The van der Waals surface area contributed by atoms with Crippen molar-refractivity contribution in [2.75, 3.05) is 10.7 Å². The summed E-state index contributed by atoms with van der Waals surface area (Å²) >= 11 is 3.36. The zero-order valence-electron chi connectivity index (χ0n) is 10.6. The fourth-order valence-corrected chi connectivity index (χ4v) is 1.99. The lowest BCUT2D eigenvalue weighted by atomic mass is 10.2. The number of nitrogens with two attached hydrogens (primary N) is 1. The van der Waals surface area contributed by atoms with Crippen molar-refractivity contribution in [1.82, 2.24) is 9.97 Å². The molecule has 0 atom stereocenters. The lowest BCUT2D eigenvalue weighted by molar-refractivity contribution is -0.144. The van der Waals surface area contributed by atoms with Crippen molar-refractivity contribution < 1.29 is 13.2 Å². The van der Waals surface area contributed by atoms with E-state index in [-0.39, 0.29) is 11.6 Å². The molecule has 0 spiro atoms. The highest BCUT2D eigenvalue weighted by molar-refractivity contribution is 9.10. The van der Waals surface area contributed by atoms with Crippen LogP contribution in [0.5, 0.6) is 0 Å². The van der Waals surface area contributed by atoms with E-state index >= 15 is 0 Å². The van der Waals surface area contributed by atoms with E-state index in [0.717, 1.165) is 10.0 Å². The zero-order chi connectivity index (χ0) is 15.5. The van der Waals surface area contributed by atoms with Crippen molar-refractivity contribution in [3.8, 4) is 0 Å². The Morgan fingerprint density at radius 2 is 1.81 bits per heavy atom. The molecule has 1 aromatic heterocycles. The second-order valence-electron chi connectivity index (χ2n) is 4.05. The number of nitrogens with one attached hydrogen (secondary N) is 2. The molecule has 5 nitrogen and oxygen atoms in total. The Morgan fingerprint density at radius 3 is 2.43 bits per heavy atom. The standard InChI is InChI=1S/C12H11BrF3N5/c13-8-4-2-1-3-7(8)6-18-9-5-10(21-17)20-11(19-9)12(14,15)16/h1-5H,6,17H2,(H2,18,19,20,21). The Hall–Kier alpha value is -1.87. The van der Waals surface area contributed by atoms with E-state index < -0.39 is 12.0 Å². The van der Waals surface area contributed by atoms with E-state index in [1.54, 1.807) is 0 Å². The van der Waals surface area contributed by atoms with Gasteiger partial charge in [0.1, 0.15) is 11.6 Å². The van der Waals surface area contributed by atoms with E-state index in [9.17, 15) is 13.2 Å². The molecular formula is C12H11BrF3N5. The number of nitrogens with zero attached hydrogens (tertiary/aromatic N) is 2. The van der Waals surface area contributed by atoms with Crippen LogP contribution in [0.3, 0.4) is 0 Å². The molecule has 0 aliphatic carbocycles. The second kappa shape index (κ2) is 6.27. The largest absolute Gasteiger partial charge is 0.451 e. The highest BCUT2D eigenvalue weighted by Crippen LogP contribution is 2.28. The maximum Gasteiger partial charge on any atom is 0.451 e. The van der Waals surface area contributed by atoms with Crippen molar-refractivity contribution in [1.29, 1.82) is 0 Å². The number of nitrogen functional groups attached to an aromatic ring is 1. The summed E-state index contributed by atoms with van der Waals surface area (Å²) in [4.78, 5) is 6.71. The molecule has 0 saturated heterocycles. The maximum absolute atomic E-state index is 12.7. The van der Waals surface area contributed by atoms with Gasteiger partial charge in [-0.3, -0.25) is 0 Å². The van der Waals surface area contributed by atoms with E-state index in [4.69, 9.17) is 5.84 Å². The summed E-state index contributed by atoms with van der Waals surface area (Å²) in [5, 5.41) is 2.81. The first kappa shape index (κ1) is 15.5. The Labute approximate surface area is 126 Å². The third kappa shape index (κ3) is 4.05. The molecule has 9 heteroatoms. The molecule has 0 saturated carbocycles. The van der Waals surface area contributed by atoms with Gasteiger partial charge in [0.25, 0.3) is 0 Å². The lowest BCUT2D eigenvalue weighted by Gasteiger charge is -2.12. The minimum atomic E-state index is -4.64. The number of hydrogen-bond acceptors (Lipinski definition) is 5. The highest BCUT2D eigenvalue weighted by Gasteiger charge is 2.35. The summed E-state index contributed by atoms with van der Waals surface area (Å²) in [6, 6.07) is 8.65. The van der Waals surface area contributed by atoms with Crippen molar-refractivity contribution in [2.45, 2.75) is 12.7 Å². The van der Waals surface area contributed by atoms with E-state index in [2.05, 4.69) is 36.6 Å². The molecule has 0 bridgehead atoms. The minimum absolute atomic E-state index is 0.0287. The van der Waals surface area contributed by atoms with Gasteiger partial charge in [0.05, 0.1) is 0 Å². The average Bonchev–Trinajstić information content (AvgIpc) is 2.45. The van der Waals surface area contributed by atoms with Crippen LogP contribution in [0.25, 0.3) is 0 Å². The number of alkyl halides is 3. The van der Waals surface area contributed by atoms with Crippen molar-refractivity contribution in [3.05, 3.63) is 46.2 Å². The topological polar surface area (TPSA) is 75.9 Å². The summed E-state index contributed by atoms with van der Waals surface area (Å²) in [5.74, 6) is 3.77. The molecule has 0 radical (unpaired) electrons. The predicted octanol–water partition coefficient (Wildman–Crippen LogP) is 3.16. The summed E-state index contributed by atoms with van der Waals surface area (Å²) in [5.41, 5.74) is 2.97. The molecule has 0 fully saturated rings. The number of hydrogen-bond donors (Lipinski definition) is 3. The molecule has 4 N–H and O–H groups in total. The molecule has 1 heterocycles. The van der Waals surface area contributed by atoms with Gasteiger partial charge in [-0.2, -0.15) is 13.2 Å². The normalized spacial score (nSPS) is 11.3. The van der Waals surface area contributed by atoms with Crippen LogP contribution >= 0.6 is 15.9 Å². The fourth-order valence-electron chi connectivity index (χ4n) is 1.57. The molecule has 2 aromatic rings. The van der Waals surface area contributed by atoms with Crippen LogP contribution < -0.4 is 16.6 Å². The Morgan fingerprint density at radius 1 is 1.14 bits per heavy atom. The number of aromatic nitrogens is 2. The zero-order valence-corrected chi connectivity index (χ0v) is 12.2. The number of rotatable bonds is 4. The molecule has 0 amide bonds. The Kier molecular flexibility index (Phi) is 4.63. The fraction of sp³-hybridized carbons (Fsp3) is 0.167. The molecule has 21 heavy (non-hydrogen) atoms. The lowest BCUT2D eigenvalue weighted by Crippen LogP contribution is -2.17. The average molecular weight is 362 g/mol. The number of anilines is 2. The van der Waals surface area contributed by atoms with Crippen LogP contribution in [0, 0.1) is 0 Å². The molecule has 0 unspecified atom stereocenters. The van der Waals surface area contributed by atoms with Crippen molar-refractivity contribution in [3.63, 3.8) is 0 Å². The molecule has 2 rings (SSSR count). The van der Waals surface area contributed by atoms with E-state index in [0.29, 0.717) is 6.54 Å². The highest BCUT2D eigenvalue weighted by atomic mass is 79.9. The van der Waals surface area contributed by atoms with Gasteiger partial charge in [0, 0.05) is 17.1 Å². The molecule has 0 aliphatic rings. The van der Waals surface area contributed by atoms with Crippen LogP contribution in [-0.2, 0) is 12.7 Å². The number of benzene rings is 1. The van der Waals surface area contributed by atoms with Crippen molar-refractivity contribution in [2.24, 2.45) is 5.84 Å². The van der Waals surface area contributed by atoms with Crippen LogP contribution in [0.15, 0.2) is 34.8 Å². The van der Waals surface area contributed by atoms with Gasteiger partial charge in [-0.05, 0) is 11.6 Å². The molecular weight excluding hydrogens is 351 g/mol. The van der Waals surface area contributed by atoms with Crippen LogP contribution in [-0.4, -0.2) is 9.97 Å². The third-order valence-electron chi connectivity index (χ3n) is 2.55. The first-order chi connectivity index (χ1) is 9.90. The van der Waals surface area contributed by atoms with E-state index in [1.165, 1.54) is 6.07 Å². The monoisotopic (exact) mass is 361 g/mol. The smallest absolute Gasteiger partial charge is 0.366 e.